The van der Waals surface area contributed by atoms with Crippen LogP contribution in [0.4, 0.5) is 0 Å². The van der Waals surface area contributed by atoms with Crippen molar-refractivity contribution in [2.75, 3.05) is 0 Å². The van der Waals surface area contributed by atoms with E-state index in [0.717, 1.165) is 51.9 Å². The fourth-order valence-electron chi connectivity index (χ4n) is 7.58. The summed E-state index contributed by atoms with van der Waals surface area (Å²) < 4.78 is 0. The molecule has 1 saturated carbocycles. The molecule has 4 aromatic rings. The smallest absolute Gasteiger partial charge is 0.236 e. The molecule has 0 saturated heterocycles. The second kappa shape index (κ2) is 13.9. The molecule has 5 rings (SSSR count). The second-order valence-electron chi connectivity index (χ2n) is 13.2. The number of carbonyl (C=O) groups is 2. The molecule has 0 bridgehead atoms. The third-order valence-electron chi connectivity index (χ3n) is 10.9. The van der Waals surface area contributed by atoms with Gasteiger partial charge < -0.3 is 20.8 Å². The highest BCUT2D eigenvalue weighted by Gasteiger charge is 2.50. The number of fused-ring (bicyclic) bond motifs is 2. The lowest BCUT2D eigenvalue weighted by molar-refractivity contribution is -0.150. The predicted octanol–water partition coefficient (Wildman–Crippen LogP) is 8.06. The van der Waals surface area contributed by atoms with E-state index in [-0.39, 0.29) is 11.8 Å². The van der Waals surface area contributed by atoms with Crippen LogP contribution in [0, 0.1) is 5.41 Å². The van der Waals surface area contributed by atoms with E-state index in [1.807, 2.05) is 113 Å². The number of nitrogens with one attached hydrogen (secondary N) is 2. The molecule has 6 nitrogen and oxygen atoms in total. The summed E-state index contributed by atoms with van der Waals surface area (Å²) in [5.41, 5.74) is -2.10. The fraction of sp³-hybridized carbons (Fsp3) is 0.450. The minimum atomic E-state index is -1.34. The summed E-state index contributed by atoms with van der Waals surface area (Å²) in [7, 11) is 0. The molecular formula is C40H50N2O4. The van der Waals surface area contributed by atoms with Crippen LogP contribution < -0.4 is 10.6 Å². The van der Waals surface area contributed by atoms with Crippen molar-refractivity contribution in [1.29, 1.82) is 0 Å². The standard InChI is InChI=1S/C40H50N2O4/c1-5-39(45,6-2)34(32-24-16-20-28-18-10-12-22-30(28)32)41-36(43)38(26-14-9-15-27-38)37(44)42-35(40(46,7-3)8-4)33-25-17-21-29-19-11-13-23-31(29)33/h10-13,16-25,34-35,45-46H,5-9,14-15,26-27H2,1-4H3,(H,41,43)(H,42,44)/t34-,35-/m0/s1. The molecule has 0 aromatic heterocycles. The molecule has 1 aliphatic carbocycles. The molecule has 244 valence electrons. The second-order valence-corrected chi connectivity index (χ2v) is 13.2. The van der Waals surface area contributed by atoms with Crippen LogP contribution >= 0.6 is 0 Å². The quantitative estimate of drug-likeness (QED) is 0.120. The Kier molecular flexibility index (Phi) is 10.2. The number of rotatable bonds is 12. The van der Waals surface area contributed by atoms with E-state index >= 15 is 0 Å². The van der Waals surface area contributed by atoms with Crippen molar-refractivity contribution < 1.29 is 19.8 Å². The van der Waals surface area contributed by atoms with Gasteiger partial charge in [0, 0.05) is 0 Å². The Labute approximate surface area is 273 Å². The van der Waals surface area contributed by atoms with Crippen LogP contribution in [-0.4, -0.2) is 33.2 Å². The number of aliphatic hydroxyl groups is 2. The van der Waals surface area contributed by atoms with Gasteiger partial charge in [0.2, 0.25) is 11.8 Å². The van der Waals surface area contributed by atoms with Gasteiger partial charge >= 0.3 is 0 Å². The van der Waals surface area contributed by atoms with Crippen LogP contribution in [0.2, 0.25) is 0 Å². The predicted molar refractivity (Wildman–Crippen MR) is 186 cm³/mol. The van der Waals surface area contributed by atoms with Crippen molar-refractivity contribution in [3.05, 3.63) is 96.1 Å². The highest BCUT2D eigenvalue weighted by atomic mass is 16.3. The van der Waals surface area contributed by atoms with Gasteiger partial charge in [-0.15, -0.1) is 0 Å². The molecule has 1 fully saturated rings. The van der Waals surface area contributed by atoms with E-state index in [4.69, 9.17) is 0 Å². The zero-order valence-corrected chi connectivity index (χ0v) is 27.8. The van der Waals surface area contributed by atoms with Crippen LogP contribution in [0.3, 0.4) is 0 Å². The Morgan fingerprint density at radius 1 is 0.609 bits per heavy atom. The summed E-state index contributed by atoms with van der Waals surface area (Å²) in [6, 6.07) is 26.5. The zero-order valence-electron chi connectivity index (χ0n) is 27.8. The molecule has 0 heterocycles. The Morgan fingerprint density at radius 2 is 0.978 bits per heavy atom. The molecule has 2 atom stereocenters. The third kappa shape index (κ3) is 6.17. The number of carbonyl (C=O) groups excluding carboxylic acids is 2. The first-order valence-corrected chi connectivity index (χ1v) is 17.2. The summed E-state index contributed by atoms with van der Waals surface area (Å²) >= 11 is 0. The SMILES string of the molecule is CCC(O)(CC)[C@@H](NC(=O)C1(C(=O)N[C@@H](c2cccc3ccccc23)C(O)(CC)CC)CCCCC1)c1cccc2ccccc12. The minimum absolute atomic E-state index is 0.365. The first-order chi connectivity index (χ1) is 22.2. The molecular weight excluding hydrogens is 572 g/mol. The lowest BCUT2D eigenvalue weighted by Gasteiger charge is -2.42. The van der Waals surface area contributed by atoms with Gasteiger partial charge in [-0.2, -0.15) is 0 Å². The summed E-state index contributed by atoms with van der Waals surface area (Å²) in [6.45, 7) is 7.73. The fourth-order valence-corrected chi connectivity index (χ4v) is 7.58. The summed E-state index contributed by atoms with van der Waals surface area (Å²) in [5.74, 6) is -0.729. The normalized spacial score (nSPS) is 16.6. The average molecular weight is 623 g/mol. The van der Waals surface area contributed by atoms with Crippen molar-refractivity contribution >= 4 is 33.4 Å². The van der Waals surface area contributed by atoms with Crippen molar-refractivity contribution in [1.82, 2.24) is 10.6 Å². The molecule has 0 radical (unpaired) electrons. The highest BCUT2D eigenvalue weighted by molar-refractivity contribution is 6.06. The third-order valence-corrected chi connectivity index (χ3v) is 10.9. The summed E-state index contributed by atoms with van der Waals surface area (Å²) in [6.07, 6.45) is 4.97. The van der Waals surface area contributed by atoms with Gasteiger partial charge in [-0.3, -0.25) is 9.59 Å². The van der Waals surface area contributed by atoms with Crippen molar-refractivity contribution in [3.63, 3.8) is 0 Å². The average Bonchev–Trinajstić information content (AvgIpc) is 3.11. The first-order valence-electron chi connectivity index (χ1n) is 17.2. The van der Waals surface area contributed by atoms with Gasteiger partial charge in [0.15, 0.2) is 0 Å². The lowest BCUT2D eigenvalue weighted by atomic mass is 9.71. The maximum atomic E-state index is 14.7. The highest BCUT2D eigenvalue weighted by Crippen LogP contribution is 2.43. The van der Waals surface area contributed by atoms with Crippen molar-refractivity contribution in [3.8, 4) is 0 Å². The molecule has 1 aliphatic rings. The topological polar surface area (TPSA) is 98.7 Å². The molecule has 0 aliphatic heterocycles. The molecule has 4 aromatic carbocycles. The van der Waals surface area contributed by atoms with Gasteiger partial charge in [-0.05, 0) is 71.2 Å². The van der Waals surface area contributed by atoms with E-state index in [0.29, 0.717) is 38.5 Å². The maximum Gasteiger partial charge on any atom is 0.236 e. The number of benzene rings is 4. The van der Waals surface area contributed by atoms with Crippen LogP contribution in [0.5, 0.6) is 0 Å². The van der Waals surface area contributed by atoms with Crippen LogP contribution in [0.15, 0.2) is 84.9 Å². The van der Waals surface area contributed by atoms with Gasteiger partial charge in [0.25, 0.3) is 0 Å². The van der Waals surface area contributed by atoms with Gasteiger partial charge in [0.05, 0.1) is 23.3 Å². The Morgan fingerprint density at radius 3 is 1.37 bits per heavy atom. The summed E-state index contributed by atoms with van der Waals surface area (Å²) in [4.78, 5) is 29.5. The molecule has 6 heteroatoms. The Bertz CT molecular complexity index is 1540. The number of amides is 2. The largest absolute Gasteiger partial charge is 0.387 e. The van der Waals surface area contributed by atoms with Crippen molar-refractivity contribution in [2.45, 2.75) is 109 Å². The van der Waals surface area contributed by atoms with Crippen LogP contribution in [0.1, 0.15) is 109 Å². The van der Waals surface area contributed by atoms with Gasteiger partial charge in [-0.25, -0.2) is 0 Å². The zero-order chi connectivity index (χ0) is 33.0. The Hall–Kier alpha value is -3.74. The molecule has 4 N–H and O–H groups in total. The van der Waals surface area contributed by atoms with E-state index in [2.05, 4.69) is 10.6 Å². The number of hydrogen-bond acceptors (Lipinski definition) is 4. The van der Waals surface area contributed by atoms with E-state index < -0.39 is 28.7 Å². The lowest BCUT2D eigenvalue weighted by Crippen LogP contribution is -2.58. The van der Waals surface area contributed by atoms with Crippen LogP contribution in [0.25, 0.3) is 21.5 Å². The molecule has 2 amide bonds. The van der Waals surface area contributed by atoms with Crippen LogP contribution in [-0.2, 0) is 9.59 Å². The van der Waals surface area contributed by atoms with E-state index in [1.54, 1.807) is 0 Å². The monoisotopic (exact) mass is 622 g/mol. The number of hydrogen-bond donors (Lipinski definition) is 4. The Balaban J connectivity index is 1.57. The molecule has 0 spiro atoms. The minimum Gasteiger partial charge on any atom is -0.387 e. The molecule has 46 heavy (non-hydrogen) atoms. The van der Waals surface area contributed by atoms with Crippen molar-refractivity contribution in [2.24, 2.45) is 5.41 Å². The van der Waals surface area contributed by atoms with E-state index in [9.17, 15) is 19.8 Å². The first kappa shape index (κ1) is 33.6. The van der Waals surface area contributed by atoms with E-state index in [1.165, 1.54) is 0 Å². The molecule has 0 unspecified atom stereocenters. The summed E-state index contributed by atoms with van der Waals surface area (Å²) in [5, 5.41) is 34.5. The van der Waals surface area contributed by atoms with Gasteiger partial charge in [0.1, 0.15) is 5.41 Å². The van der Waals surface area contributed by atoms with Gasteiger partial charge in [-0.1, -0.05) is 132 Å². The maximum absolute atomic E-state index is 14.7.